The molecular weight excluding hydrogens is 238 g/mol. The third kappa shape index (κ3) is 4.02. The van der Waals surface area contributed by atoms with Crippen LogP contribution in [0.2, 0.25) is 0 Å². The van der Waals surface area contributed by atoms with Gasteiger partial charge in [0.05, 0.1) is 4.90 Å². The molecule has 0 saturated carbocycles. The van der Waals surface area contributed by atoms with E-state index in [9.17, 15) is 8.42 Å². The Hall–Kier alpha value is -1.07. The molecule has 17 heavy (non-hydrogen) atoms. The van der Waals surface area contributed by atoms with Gasteiger partial charge in [-0.05, 0) is 37.1 Å². The van der Waals surface area contributed by atoms with Crippen LogP contribution < -0.4 is 5.32 Å². The molecule has 2 unspecified atom stereocenters. The maximum atomic E-state index is 11.3. The number of sulfone groups is 1. The van der Waals surface area contributed by atoms with Crippen molar-refractivity contribution in [1.82, 2.24) is 0 Å². The first-order valence-corrected chi connectivity index (χ1v) is 7.41. The molecule has 0 fully saturated rings. The van der Waals surface area contributed by atoms with E-state index in [2.05, 4.69) is 5.32 Å². The quantitative estimate of drug-likeness (QED) is 0.839. The van der Waals surface area contributed by atoms with Gasteiger partial charge in [0.15, 0.2) is 9.84 Å². The fourth-order valence-corrected chi connectivity index (χ4v) is 1.99. The van der Waals surface area contributed by atoms with E-state index in [1.165, 1.54) is 6.26 Å². The van der Waals surface area contributed by atoms with E-state index in [-0.39, 0.29) is 18.6 Å². The SMILES string of the molecule is CC(CO)C(C)Nc1ccc(S(C)(=O)=O)cc1. The summed E-state index contributed by atoms with van der Waals surface area (Å²) in [7, 11) is -3.14. The Morgan fingerprint density at radius 3 is 2.18 bits per heavy atom. The second kappa shape index (κ2) is 5.51. The molecule has 1 rings (SSSR count). The number of rotatable bonds is 5. The first-order chi connectivity index (χ1) is 7.84. The highest BCUT2D eigenvalue weighted by Gasteiger charge is 2.11. The molecule has 0 amide bonds. The molecule has 5 heteroatoms. The maximum Gasteiger partial charge on any atom is 0.175 e. The topological polar surface area (TPSA) is 66.4 Å². The minimum atomic E-state index is -3.14. The molecule has 4 nitrogen and oxygen atoms in total. The minimum Gasteiger partial charge on any atom is -0.396 e. The second-order valence-electron chi connectivity index (χ2n) is 4.39. The van der Waals surface area contributed by atoms with Crippen molar-refractivity contribution in [3.05, 3.63) is 24.3 Å². The van der Waals surface area contributed by atoms with Crippen LogP contribution >= 0.6 is 0 Å². The first kappa shape index (κ1) is 14.0. The van der Waals surface area contributed by atoms with Crippen molar-refractivity contribution in [3.63, 3.8) is 0 Å². The van der Waals surface area contributed by atoms with Gasteiger partial charge in [-0.25, -0.2) is 8.42 Å². The fourth-order valence-electron chi connectivity index (χ4n) is 1.36. The van der Waals surface area contributed by atoms with Crippen LogP contribution in [0, 0.1) is 5.92 Å². The lowest BCUT2D eigenvalue weighted by Crippen LogP contribution is -2.26. The summed E-state index contributed by atoms with van der Waals surface area (Å²) >= 11 is 0. The lowest BCUT2D eigenvalue weighted by Gasteiger charge is -2.20. The maximum absolute atomic E-state index is 11.3. The predicted octanol–water partition coefficient (Wildman–Crippen LogP) is 1.52. The first-order valence-electron chi connectivity index (χ1n) is 5.52. The largest absolute Gasteiger partial charge is 0.396 e. The lowest BCUT2D eigenvalue weighted by atomic mass is 10.1. The number of hydrogen-bond donors (Lipinski definition) is 2. The zero-order valence-corrected chi connectivity index (χ0v) is 11.2. The molecule has 1 aromatic rings. The van der Waals surface area contributed by atoms with Gasteiger partial charge in [-0.3, -0.25) is 0 Å². The smallest absolute Gasteiger partial charge is 0.175 e. The Morgan fingerprint density at radius 1 is 1.24 bits per heavy atom. The van der Waals surface area contributed by atoms with Crippen LogP contribution in [-0.4, -0.2) is 32.4 Å². The molecule has 96 valence electrons. The Bertz CT molecular complexity index is 453. The van der Waals surface area contributed by atoms with Crippen LogP contribution in [0.15, 0.2) is 29.2 Å². The van der Waals surface area contributed by atoms with Crippen molar-refractivity contribution in [2.75, 3.05) is 18.2 Å². The van der Waals surface area contributed by atoms with E-state index in [1.807, 2.05) is 13.8 Å². The van der Waals surface area contributed by atoms with E-state index in [1.54, 1.807) is 24.3 Å². The summed E-state index contributed by atoms with van der Waals surface area (Å²) in [6, 6.07) is 6.75. The summed E-state index contributed by atoms with van der Waals surface area (Å²) in [5.41, 5.74) is 0.852. The normalized spacial score (nSPS) is 15.3. The van der Waals surface area contributed by atoms with Crippen molar-refractivity contribution in [3.8, 4) is 0 Å². The Morgan fingerprint density at radius 2 is 1.76 bits per heavy atom. The number of anilines is 1. The summed E-state index contributed by atoms with van der Waals surface area (Å²) in [6.07, 6.45) is 1.19. The van der Waals surface area contributed by atoms with Gasteiger partial charge in [-0.2, -0.15) is 0 Å². The monoisotopic (exact) mass is 257 g/mol. The Kier molecular flexibility index (Phi) is 4.54. The highest BCUT2D eigenvalue weighted by molar-refractivity contribution is 7.90. The van der Waals surface area contributed by atoms with Crippen LogP contribution in [0.25, 0.3) is 0 Å². The highest BCUT2D eigenvalue weighted by Crippen LogP contribution is 2.16. The molecule has 0 heterocycles. The van der Waals surface area contributed by atoms with Gasteiger partial charge in [0, 0.05) is 24.6 Å². The van der Waals surface area contributed by atoms with E-state index in [0.717, 1.165) is 5.69 Å². The molecular formula is C12H19NO3S. The van der Waals surface area contributed by atoms with Crippen molar-refractivity contribution in [2.45, 2.75) is 24.8 Å². The number of nitrogens with one attached hydrogen (secondary N) is 1. The molecule has 0 radical (unpaired) electrons. The number of benzene rings is 1. The van der Waals surface area contributed by atoms with Gasteiger partial charge in [0.1, 0.15) is 0 Å². The molecule has 0 bridgehead atoms. The summed E-state index contributed by atoms with van der Waals surface area (Å²) in [5, 5.41) is 12.2. The second-order valence-corrected chi connectivity index (χ2v) is 6.41. The summed E-state index contributed by atoms with van der Waals surface area (Å²) in [4.78, 5) is 0.311. The third-order valence-electron chi connectivity index (χ3n) is 2.82. The van der Waals surface area contributed by atoms with E-state index in [4.69, 9.17) is 5.11 Å². The predicted molar refractivity (Wildman–Crippen MR) is 68.9 cm³/mol. The van der Waals surface area contributed by atoms with Gasteiger partial charge in [-0.15, -0.1) is 0 Å². The molecule has 0 spiro atoms. The molecule has 1 aromatic carbocycles. The molecule has 2 atom stereocenters. The Balaban J connectivity index is 2.76. The van der Waals surface area contributed by atoms with Crippen LogP contribution in [0.5, 0.6) is 0 Å². The van der Waals surface area contributed by atoms with Crippen molar-refractivity contribution >= 4 is 15.5 Å². The van der Waals surface area contributed by atoms with Gasteiger partial charge in [0.25, 0.3) is 0 Å². The zero-order valence-electron chi connectivity index (χ0n) is 10.3. The van der Waals surface area contributed by atoms with E-state index in [0.29, 0.717) is 4.90 Å². The van der Waals surface area contributed by atoms with Gasteiger partial charge >= 0.3 is 0 Å². The number of aliphatic hydroxyl groups is 1. The summed E-state index contributed by atoms with van der Waals surface area (Å²) < 4.78 is 22.5. The molecule has 0 aromatic heterocycles. The Labute approximate surface area is 103 Å². The number of aliphatic hydroxyl groups excluding tert-OH is 1. The molecule has 0 aliphatic rings. The van der Waals surface area contributed by atoms with Crippen molar-refractivity contribution < 1.29 is 13.5 Å². The standard InChI is InChI=1S/C12H19NO3S/c1-9(8-14)10(2)13-11-4-6-12(7-5-11)17(3,15)16/h4-7,9-10,13-14H,8H2,1-3H3. The van der Waals surface area contributed by atoms with Crippen LogP contribution in [-0.2, 0) is 9.84 Å². The average Bonchev–Trinajstić information content (AvgIpc) is 2.27. The van der Waals surface area contributed by atoms with Crippen LogP contribution in [0.3, 0.4) is 0 Å². The van der Waals surface area contributed by atoms with E-state index < -0.39 is 9.84 Å². The van der Waals surface area contributed by atoms with Gasteiger partial charge < -0.3 is 10.4 Å². The summed E-state index contributed by atoms with van der Waals surface area (Å²) in [5.74, 6) is 0.143. The van der Waals surface area contributed by atoms with Gasteiger partial charge in [-0.1, -0.05) is 6.92 Å². The highest BCUT2D eigenvalue weighted by atomic mass is 32.2. The third-order valence-corrected chi connectivity index (χ3v) is 3.95. The van der Waals surface area contributed by atoms with Crippen molar-refractivity contribution in [2.24, 2.45) is 5.92 Å². The average molecular weight is 257 g/mol. The zero-order chi connectivity index (χ0) is 13.1. The lowest BCUT2D eigenvalue weighted by molar-refractivity contribution is 0.226. The molecule has 2 N–H and O–H groups in total. The molecule has 0 aliphatic carbocycles. The fraction of sp³-hybridized carbons (Fsp3) is 0.500. The van der Waals surface area contributed by atoms with Crippen molar-refractivity contribution in [1.29, 1.82) is 0 Å². The van der Waals surface area contributed by atoms with Crippen LogP contribution in [0.4, 0.5) is 5.69 Å². The minimum absolute atomic E-state index is 0.121. The van der Waals surface area contributed by atoms with Crippen LogP contribution in [0.1, 0.15) is 13.8 Å². The molecule has 0 aliphatic heterocycles. The van der Waals surface area contributed by atoms with Gasteiger partial charge in [0.2, 0.25) is 0 Å². The molecule has 0 saturated heterocycles. The summed E-state index contributed by atoms with van der Waals surface area (Å²) in [6.45, 7) is 4.05. The number of hydrogen-bond acceptors (Lipinski definition) is 4. The van der Waals surface area contributed by atoms with E-state index >= 15 is 0 Å².